The molecule has 0 spiro atoms. The summed E-state index contributed by atoms with van der Waals surface area (Å²) >= 11 is 6.87. The molecule has 1 aromatic heterocycles. The van der Waals surface area contributed by atoms with Crippen LogP contribution in [0, 0.1) is 5.92 Å². The predicted octanol–water partition coefficient (Wildman–Crippen LogP) is 6.96. The lowest BCUT2D eigenvalue weighted by molar-refractivity contribution is -0.123. The van der Waals surface area contributed by atoms with E-state index in [9.17, 15) is 4.79 Å². The van der Waals surface area contributed by atoms with Crippen LogP contribution in [0.4, 0.5) is 0 Å². The van der Waals surface area contributed by atoms with Crippen LogP contribution in [0.1, 0.15) is 46.1 Å². The highest BCUT2D eigenvalue weighted by molar-refractivity contribution is 8.26. The number of nitrogens with zero attached hydrogens (tertiary/aromatic N) is 3. The van der Waals surface area contributed by atoms with Crippen LogP contribution in [0.2, 0.25) is 0 Å². The quantitative estimate of drug-likeness (QED) is 0.232. The van der Waals surface area contributed by atoms with Gasteiger partial charge in [-0.2, -0.15) is 5.10 Å². The lowest BCUT2D eigenvalue weighted by Crippen LogP contribution is -2.36. The van der Waals surface area contributed by atoms with Gasteiger partial charge < -0.3 is 4.74 Å². The van der Waals surface area contributed by atoms with Gasteiger partial charge in [-0.15, -0.1) is 0 Å². The number of hydrogen-bond donors (Lipinski definition) is 0. The van der Waals surface area contributed by atoms with E-state index in [1.54, 1.807) is 4.90 Å². The van der Waals surface area contributed by atoms with Crippen molar-refractivity contribution in [1.29, 1.82) is 0 Å². The van der Waals surface area contributed by atoms with Crippen LogP contribution >= 0.6 is 24.0 Å². The summed E-state index contributed by atoms with van der Waals surface area (Å²) in [5.41, 5.74) is 3.58. The molecule has 0 radical (unpaired) electrons. The van der Waals surface area contributed by atoms with Crippen LogP contribution in [0.5, 0.6) is 5.75 Å². The minimum absolute atomic E-state index is 0.0401. The Labute approximate surface area is 217 Å². The highest BCUT2D eigenvalue weighted by Crippen LogP contribution is 2.36. The number of amides is 1. The molecule has 0 N–H and O–H groups in total. The van der Waals surface area contributed by atoms with Gasteiger partial charge in [0.15, 0.2) is 0 Å². The third-order valence-corrected chi connectivity index (χ3v) is 7.33. The first-order valence-corrected chi connectivity index (χ1v) is 13.2. The van der Waals surface area contributed by atoms with E-state index in [1.807, 2.05) is 78.5 Å². The van der Waals surface area contributed by atoms with Gasteiger partial charge in [0.2, 0.25) is 0 Å². The Morgan fingerprint density at radius 1 is 1.09 bits per heavy atom. The molecular formula is C28H31N3O2S2. The fourth-order valence-corrected chi connectivity index (χ4v) is 5.19. The molecule has 182 valence electrons. The summed E-state index contributed by atoms with van der Waals surface area (Å²) in [5.74, 6) is 1.40. The average molecular weight is 506 g/mol. The molecule has 0 saturated carbocycles. The van der Waals surface area contributed by atoms with Crippen molar-refractivity contribution in [3.05, 3.63) is 71.3 Å². The number of hydrogen-bond acceptors (Lipinski definition) is 5. The summed E-state index contributed by atoms with van der Waals surface area (Å²) in [5, 5.41) is 4.89. The number of carbonyl (C=O) groups is 1. The van der Waals surface area contributed by atoms with E-state index in [1.165, 1.54) is 11.8 Å². The van der Waals surface area contributed by atoms with Gasteiger partial charge in [0.25, 0.3) is 5.91 Å². The van der Waals surface area contributed by atoms with E-state index in [4.69, 9.17) is 22.1 Å². The van der Waals surface area contributed by atoms with Crippen molar-refractivity contribution in [2.45, 2.75) is 46.6 Å². The highest BCUT2D eigenvalue weighted by atomic mass is 32.2. The Bertz CT molecular complexity index is 1220. The molecule has 2 heterocycles. The summed E-state index contributed by atoms with van der Waals surface area (Å²) in [6, 6.07) is 18.0. The third-order valence-electron chi connectivity index (χ3n) is 6.00. The molecule has 35 heavy (non-hydrogen) atoms. The standard InChI is InChI=1S/C28H31N3O2S2/c1-5-20(4)31-27(32)25(35-28(31)34)17-22-18-30(23-9-7-6-8-10-23)29-26(22)21-11-13-24(14-12-21)33-16-15-19(2)3/h6-14,17-20H,5,15-16H2,1-4H3/b25-17-/t20-/m1/s1. The monoisotopic (exact) mass is 505 g/mol. The average Bonchev–Trinajstić information content (AvgIpc) is 3.40. The molecular weight excluding hydrogens is 474 g/mol. The van der Waals surface area contributed by atoms with Crippen molar-refractivity contribution < 1.29 is 9.53 Å². The summed E-state index contributed by atoms with van der Waals surface area (Å²) in [4.78, 5) is 15.5. The van der Waals surface area contributed by atoms with Crippen LogP contribution in [0.15, 0.2) is 65.7 Å². The SMILES string of the molecule is CC[C@@H](C)N1C(=O)/C(=C/c2cn(-c3ccccc3)nc2-c2ccc(OCCC(C)C)cc2)SC1=S. The van der Waals surface area contributed by atoms with Crippen molar-refractivity contribution in [3.8, 4) is 22.7 Å². The number of ether oxygens (including phenoxy) is 1. The number of rotatable bonds is 9. The molecule has 1 fully saturated rings. The second-order valence-corrected chi connectivity index (χ2v) is 10.8. The maximum absolute atomic E-state index is 13.1. The maximum Gasteiger partial charge on any atom is 0.266 e. The minimum atomic E-state index is -0.0401. The molecule has 2 aromatic carbocycles. The molecule has 3 aromatic rings. The Kier molecular flexibility index (Phi) is 8.08. The number of para-hydroxylation sites is 1. The van der Waals surface area contributed by atoms with E-state index in [2.05, 4.69) is 20.8 Å². The predicted molar refractivity (Wildman–Crippen MR) is 149 cm³/mol. The number of thioether (sulfide) groups is 1. The van der Waals surface area contributed by atoms with E-state index in [0.29, 0.717) is 21.8 Å². The molecule has 4 rings (SSSR count). The van der Waals surface area contributed by atoms with E-state index >= 15 is 0 Å². The van der Waals surface area contributed by atoms with Crippen LogP contribution in [0.3, 0.4) is 0 Å². The van der Waals surface area contributed by atoms with Gasteiger partial charge in [-0.25, -0.2) is 4.68 Å². The summed E-state index contributed by atoms with van der Waals surface area (Å²) in [7, 11) is 0. The molecule has 1 aliphatic rings. The van der Waals surface area contributed by atoms with Crippen molar-refractivity contribution in [3.63, 3.8) is 0 Å². The zero-order valence-corrected chi connectivity index (χ0v) is 22.2. The molecule has 0 bridgehead atoms. The van der Waals surface area contributed by atoms with Crippen molar-refractivity contribution in [2.24, 2.45) is 5.92 Å². The fourth-order valence-electron chi connectivity index (χ4n) is 3.74. The third kappa shape index (κ3) is 5.85. The first kappa shape index (κ1) is 25.2. The first-order chi connectivity index (χ1) is 16.9. The van der Waals surface area contributed by atoms with E-state index in [0.717, 1.165) is 41.1 Å². The van der Waals surface area contributed by atoms with Gasteiger partial charge in [0.05, 0.1) is 22.9 Å². The van der Waals surface area contributed by atoms with Crippen LogP contribution < -0.4 is 4.74 Å². The first-order valence-electron chi connectivity index (χ1n) is 12.0. The number of thiocarbonyl (C=S) groups is 1. The van der Waals surface area contributed by atoms with Crippen molar-refractivity contribution >= 4 is 40.3 Å². The Hall–Kier alpha value is -2.90. The molecule has 0 aliphatic carbocycles. The van der Waals surface area contributed by atoms with Gasteiger partial charge >= 0.3 is 0 Å². The Morgan fingerprint density at radius 3 is 2.46 bits per heavy atom. The van der Waals surface area contributed by atoms with Gasteiger partial charge in [-0.1, -0.05) is 63.0 Å². The van der Waals surface area contributed by atoms with Crippen LogP contribution in [0.25, 0.3) is 23.0 Å². The summed E-state index contributed by atoms with van der Waals surface area (Å²) in [6.07, 6.45) is 5.74. The fraction of sp³-hybridized carbons (Fsp3) is 0.321. The molecule has 1 amide bonds. The molecule has 7 heteroatoms. The van der Waals surface area contributed by atoms with Crippen LogP contribution in [-0.2, 0) is 4.79 Å². The van der Waals surface area contributed by atoms with E-state index in [-0.39, 0.29) is 11.9 Å². The summed E-state index contributed by atoms with van der Waals surface area (Å²) < 4.78 is 8.34. The summed E-state index contributed by atoms with van der Waals surface area (Å²) in [6.45, 7) is 9.16. The van der Waals surface area contributed by atoms with E-state index < -0.39 is 0 Å². The zero-order chi connectivity index (χ0) is 24.9. The minimum Gasteiger partial charge on any atom is -0.494 e. The lowest BCUT2D eigenvalue weighted by Gasteiger charge is -2.21. The van der Waals surface area contributed by atoms with Crippen molar-refractivity contribution in [2.75, 3.05) is 6.61 Å². The van der Waals surface area contributed by atoms with Gasteiger partial charge in [0, 0.05) is 23.4 Å². The Morgan fingerprint density at radius 2 is 1.80 bits per heavy atom. The van der Waals surface area contributed by atoms with Gasteiger partial charge in [-0.05, 0) is 68.2 Å². The second-order valence-electron chi connectivity index (χ2n) is 9.08. The van der Waals surface area contributed by atoms with Crippen molar-refractivity contribution in [1.82, 2.24) is 14.7 Å². The highest BCUT2D eigenvalue weighted by Gasteiger charge is 2.35. The maximum atomic E-state index is 13.1. The molecule has 5 nitrogen and oxygen atoms in total. The largest absolute Gasteiger partial charge is 0.494 e. The smallest absolute Gasteiger partial charge is 0.266 e. The topological polar surface area (TPSA) is 47.4 Å². The Balaban J connectivity index is 1.68. The molecule has 1 atom stereocenters. The number of benzene rings is 2. The van der Waals surface area contributed by atoms with Gasteiger partial charge in [-0.3, -0.25) is 9.69 Å². The van der Waals surface area contributed by atoms with Crippen LogP contribution in [-0.4, -0.2) is 37.6 Å². The van der Waals surface area contributed by atoms with Gasteiger partial charge in [0.1, 0.15) is 10.1 Å². The molecule has 1 aliphatic heterocycles. The zero-order valence-electron chi connectivity index (χ0n) is 20.6. The molecule has 0 unspecified atom stereocenters. The lowest BCUT2D eigenvalue weighted by atomic mass is 10.1. The number of carbonyl (C=O) groups excluding carboxylic acids is 1. The number of aromatic nitrogens is 2. The second kappa shape index (κ2) is 11.2. The normalized spacial score (nSPS) is 15.9. The molecule has 1 saturated heterocycles.